The van der Waals surface area contributed by atoms with Gasteiger partial charge in [-0.3, -0.25) is 76.4 Å². The predicted molar refractivity (Wildman–Crippen MR) is 351 cm³/mol. The second-order valence-corrected chi connectivity index (χ2v) is 27.5. The molecule has 41 nitrogen and oxygen atoms in total. The lowest BCUT2D eigenvalue weighted by atomic mass is 10.0. The number of thioether (sulfide) groups is 1. The molecule has 17 amide bonds. The van der Waals surface area contributed by atoms with Crippen LogP contribution in [0.5, 0.6) is 0 Å². The molecule has 1 aromatic rings. The van der Waals surface area contributed by atoms with E-state index in [2.05, 4.69) is 79.1 Å². The maximum atomic E-state index is 14.4. The summed E-state index contributed by atoms with van der Waals surface area (Å²) in [6.45, 7) is 2.67. The number of unbranched alkanes of at least 4 members (excludes halogenated alkanes) is 1. The molecule has 5 rings (SSSR count). The number of amides is 17. The van der Waals surface area contributed by atoms with Crippen LogP contribution in [0, 0.1) is 5.92 Å². The number of hydrogen-bond donors (Lipinski definition) is 20. The number of aliphatic hydroxyl groups excluding tert-OH is 2. The predicted octanol–water partition coefficient (Wildman–Crippen LogP) is -9.18. The van der Waals surface area contributed by atoms with Gasteiger partial charge in [-0.25, -0.2) is 14.3 Å². The molecule has 22 N–H and O–H groups in total. The first-order valence-corrected chi connectivity index (χ1v) is 35.2. The van der Waals surface area contributed by atoms with Crippen molar-refractivity contribution in [3.63, 3.8) is 0 Å². The van der Waals surface area contributed by atoms with Gasteiger partial charge in [0, 0.05) is 48.8 Å². The number of urea groups is 1. The Bertz CT molecular complexity index is 3240. The molecular weight excluding hydrogens is 1380 g/mol. The molecule has 4 aliphatic heterocycles. The summed E-state index contributed by atoms with van der Waals surface area (Å²) in [5, 5.41) is 51.8. The van der Waals surface area contributed by atoms with E-state index in [-0.39, 0.29) is 74.5 Å². The summed E-state index contributed by atoms with van der Waals surface area (Å²) in [4.78, 5) is 238. The van der Waals surface area contributed by atoms with E-state index < -0.39 is 202 Å². The zero-order valence-corrected chi connectivity index (χ0v) is 58.0. The Morgan fingerprint density at radius 3 is 1.83 bits per heavy atom. The van der Waals surface area contributed by atoms with Gasteiger partial charge in [0.2, 0.25) is 88.6 Å². The van der Waals surface area contributed by atoms with Gasteiger partial charge in [-0.05, 0) is 71.6 Å². The van der Waals surface area contributed by atoms with Gasteiger partial charge < -0.3 is 115 Å². The molecule has 4 fully saturated rings. The molecule has 0 unspecified atom stereocenters. The topological polar surface area (TPSA) is 624 Å². The quantitative estimate of drug-likeness (QED) is 0.0165. The molecule has 1 aromatic heterocycles. The monoisotopic (exact) mass is 1470 g/mol. The number of fused-ring (bicyclic) bond motifs is 1. The zero-order valence-electron chi connectivity index (χ0n) is 56.2. The fraction of sp³-hybridized carbons (Fsp3) is 0.672. The molecule has 562 valence electrons. The van der Waals surface area contributed by atoms with Crippen LogP contribution in [-0.4, -0.2) is 270 Å². The summed E-state index contributed by atoms with van der Waals surface area (Å²) in [6, 6.07) is -16.1. The van der Waals surface area contributed by atoms with E-state index in [1.54, 1.807) is 25.6 Å². The van der Waals surface area contributed by atoms with E-state index in [4.69, 9.17) is 16.0 Å². The molecule has 14 atom stereocenters. The maximum absolute atomic E-state index is 14.4. The SMILES string of the molecule is CC(C)C[C@H](NC(=O)[C@H](CC(N)=O)NC(=O)[C@@H]1CCCN1C(=O)[C@@H](NC(=O)[C@H](C)NC(=O)[C@H](C)NC(=O)[C@H](CO)NC(=O)[C@H](CO)NC(=O)[C@H](Cc1cnc[nH]1)NC(=O)CNC(=O)CNC(=O)CCCC[C@@H]1SC[C@@H]2NC(=O)N[C@@H]21)[C@@H](C)OP(=O)(O)O)C(=O)NCC(=O)N1CCC[C@H]1C(N)=O. The second-order valence-electron chi connectivity index (χ2n) is 25.0. The summed E-state index contributed by atoms with van der Waals surface area (Å²) >= 11 is 1.75. The Morgan fingerprint density at radius 2 is 1.23 bits per heavy atom. The molecule has 0 aromatic carbocycles. The van der Waals surface area contributed by atoms with Crippen LogP contribution in [0.3, 0.4) is 0 Å². The number of aromatic nitrogens is 2. The van der Waals surface area contributed by atoms with E-state index in [1.165, 1.54) is 17.4 Å². The Balaban J connectivity index is 1.12. The van der Waals surface area contributed by atoms with Crippen molar-refractivity contribution >= 4 is 114 Å². The molecule has 0 bridgehead atoms. The molecular formula is C58H92N19O22PS. The standard InChI is InChI=1S/C58H92N19O22PS/c1-27(2)16-32(51(88)64-22-45(84)76-14-8-10-38(76)48(60)85)69-53(90)34(18-41(59)80)70-56(93)39-11-9-15-77(39)57(94)46(30(5)99-100(96,97)98)74-50(87)29(4)66-49(86)28(3)67-54(91)35(23-78)72-55(92)36(24-79)71-52(89)33(17-31-19-61-26-65-31)68-44(83)21-63-43(82)20-62-42(81)13-7-6-12-40-47-37(25-101-40)73-58(95)75-47/h19,26-30,32-40,46-47,78-79H,6-18,20-25H2,1-5H3,(H2,59,80)(H2,60,85)(H,61,65)(H,62,81)(H,63,82)(H,64,88)(H,66,86)(H,67,91)(H,68,83)(H,69,90)(H,70,93)(H,71,89)(H,72,92)(H,74,87)(H2,73,75,95)(H2,96,97,98)/t28-,29-,30+,32-,33-,34-,35-,36-,37-,38-,39-,40-,46-,47-/m0/s1. The number of imidazole rings is 1. The number of nitrogens with two attached hydrogens (primary N) is 2. The first kappa shape index (κ1) is 82.6. The highest BCUT2D eigenvalue weighted by atomic mass is 32.2. The van der Waals surface area contributed by atoms with Crippen LogP contribution < -0.4 is 80.6 Å². The smallest absolute Gasteiger partial charge is 0.394 e. The number of nitrogens with zero attached hydrogens (tertiary/aromatic N) is 3. The third-order valence-electron chi connectivity index (χ3n) is 16.6. The Morgan fingerprint density at radius 1 is 0.653 bits per heavy atom. The van der Waals surface area contributed by atoms with E-state index in [0.29, 0.717) is 31.4 Å². The van der Waals surface area contributed by atoms with Crippen molar-refractivity contribution in [3.05, 3.63) is 18.2 Å². The van der Waals surface area contributed by atoms with Crippen molar-refractivity contribution in [2.75, 3.05) is 51.7 Å². The minimum atomic E-state index is -5.44. The lowest BCUT2D eigenvalue weighted by Gasteiger charge is -2.32. The fourth-order valence-corrected chi connectivity index (χ4v) is 13.5. The van der Waals surface area contributed by atoms with Gasteiger partial charge in [0.1, 0.15) is 60.4 Å². The molecule has 0 saturated carbocycles. The fourth-order valence-electron chi connectivity index (χ4n) is 11.4. The number of primary amides is 2. The number of aromatic amines is 1. The van der Waals surface area contributed by atoms with Crippen molar-refractivity contribution < 1.29 is 106 Å². The number of rotatable bonds is 40. The number of carbonyl (C=O) groups excluding carboxylic acids is 16. The molecule has 0 aliphatic carbocycles. The van der Waals surface area contributed by atoms with Crippen LogP contribution in [0.2, 0.25) is 0 Å². The Kier molecular flexibility index (Phi) is 32.1. The molecule has 4 aliphatic rings. The van der Waals surface area contributed by atoms with Crippen molar-refractivity contribution in [2.24, 2.45) is 17.4 Å². The number of hydrogen-bond acceptors (Lipinski definition) is 22. The summed E-state index contributed by atoms with van der Waals surface area (Å²) in [7, 11) is -5.44. The molecule has 101 heavy (non-hydrogen) atoms. The van der Waals surface area contributed by atoms with Crippen LogP contribution in [0.4, 0.5) is 4.79 Å². The molecule has 5 heterocycles. The third kappa shape index (κ3) is 26.1. The summed E-state index contributed by atoms with van der Waals surface area (Å²) < 4.78 is 16.9. The average molecular weight is 1470 g/mol. The van der Waals surface area contributed by atoms with Gasteiger partial charge in [0.15, 0.2) is 0 Å². The molecule has 4 saturated heterocycles. The average Bonchev–Trinajstić information content (AvgIpc) is 1.73. The highest BCUT2D eigenvalue weighted by Crippen LogP contribution is 2.39. The third-order valence-corrected chi connectivity index (χ3v) is 18.7. The normalized spacial score (nSPS) is 20.4. The van der Waals surface area contributed by atoms with E-state index in [0.717, 1.165) is 37.8 Å². The van der Waals surface area contributed by atoms with Gasteiger partial charge in [-0.2, -0.15) is 11.8 Å². The summed E-state index contributed by atoms with van der Waals surface area (Å²) in [6.07, 6.45) is 2.58. The van der Waals surface area contributed by atoms with Crippen LogP contribution in [-0.2, 0) is 87.4 Å². The van der Waals surface area contributed by atoms with Gasteiger partial charge >= 0.3 is 13.9 Å². The lowest BCUT2D eigenvalue weighted by molar-refractivity contribution is -0.144. The van der Waals surface area contributed by atoms with E-state index in [1.807, 2.05) is 0 Å². The summed E-state index contributed by atoms with van der Waals surface area (Å²) in [5.41, 5.74) is 11.2. The van der Waals surface area contributed by atoms with Gasteiger partial charge in [-0.15, -0.1) is 0 Å². The van der Waals surface area contributed by atoms with Gasteiger partial charge in [-0.1, -0.05) is 20.3 Å². The lowest BCUT2D eigenvalue weighted by Crippen LogP contribution is -2.62. The van der Waals surface area contributed by atoms with Crippen molar-refractivity contribution in [2.45, 2.75) is 189 Å². The van der Waals surface area contributed by atoms with E-state index in [9.17, 15) is 101 Å². The van der Waals surface area contributed by atoms with Crippen molar-refractivity contribution in [1.29, 1.82) is 0 Å². The zero-order chi connectivity index (χ0) is 75.0. The number of H-pyrrole nitrogens is 1. The second kappa shape index (κ2) is 39.2. The Labute approximate surface area is 583 Å². The first-order valence-electron chi connectivity index (χ1n) is 32.6. The Hall–Kier alpha value is -9.09. The molecule has 43 heteroatoms. The minimum Gasteiger partial charge on any atom is -0.394 e. The molecule has 0 radical (unpaired) electrons. The maximum Gasteiger partial charge on any atom is 0.469 e. The van der Waals surface area contributed by atoms with Crippen LogP contribution >= 0.6 is 19.6 Å². The van der Waals surface area contributed by atoms with Crippen molar-refractivity contribution in [3.8, 4) is 0 Å². The molecule has 0 spiro atoms. The largest absolute Gasteiger partial charge is 0.469 e. The number of carbonyl (C=O) groups is 16. The highest BCUT2D eigenvalue weighted by molar-refractivity contribution is 8.00. The number of phosphoric ester groups is 1. The first-order chi connectivity index (χ1) is 47.6. The minimum absolute atomic E-state index is 0.0104. The van der Waals surface area contributed by atoms with Crippen LogP contribution in [0.25, 0.3) is 0 Å². The van der Waals surface area contributed by atoms with Crippen LogP contribution in [0.1, 0.15) is 105 Å². The summed E-state index contributed by atoms with van der Waals surface area (Å²) in [5.74, 6) is -13.9. The van der Waals surface area contributed by atoms with Crippen LogP contribution in [0.15, 0.2) is 12.5 Å². The van der Waals surface area contributed by atoms with Gasteiger partial charge in [0.05, 0.1) is 63.8 Å². The number of nitrogens with one attached hydrogen (secondary N) is 14. The van der Waals surface area contributed by atoms with Crippen molar-refractivity contribution in [1.82, 2.24) is 88.9 Å². The number of likely N-dealkylation sites (tertiary alicyclic amines) is 2. The number of phosphoric acid groups is 1. The number of aliphatic hydroxyl groups is 2. The van der Waals surface area contributed by atoms with Gasteiger partial charge in [0.25, 0.3) is 0 Å². The highest BCUT2D eigenvalue weighted by Gasteiger charge is 2.45. The van der Waals surface area contributed by atoms with E-state index >= 15 is 0 Å².